The summed E-state index contributed by atoms with van der Waals surface area (Å²) in [6.07, 6.45) is 12.1. The highest BCUT2D eigenvalue weighted by Crippen LogP contribution is 2.36. The van der Waals surface area contributed by atoms with Gasteiger partial charge in [-0.3, -0.25) is 9.89 Å². The van der Waals surface area contributed by atoms with Crippen molar-refractivity contribution in [1.29, 1.82) is 0 Å². The third-order valence-electron chi connectivity index (χ3n) is 4.95. The van der Waals surface area contributed by atoms with E-state index in [4.69, 9.17) is 16.9 Å². The number of hydrogen-bond acceptors (Lipinski definition) is 5. The topological polar surface area (TPSA) is 111 Å². The van der Waals surface area contributed by atoms with Crippen LogP contribution in [0.15, 0.2) is 53.4 Å². The molecule has 0 fully saturated rings. The maximum Gasteiger partial charge on any atom is 0.267 e. The minimum Gasteiger partial charge on any atom is -0.487 e. The number of benzene rings is 1. The number of aromatic amines is 1. The molecule has 31 heavy (non-hydrogen) atoms. The molecule has 1 amide bonds. The molecule has 3 aromatic heterocycles. The van der Waals surface area contributed by atoms with Gasteiger partial charge in [0, 0.05) is 35.1 Å². The highest BCUT2D eigenvalue weighted by molar-refractivity contribution is 6.06. The van der Waals surface area contributed by atoms with Crippen LogP contribution < -0.4 is 10.5 Å². The van der Waals surface area contributed by atoms with Crippen molar-refractivity contribution in [3.8, 4) is 29.2 Å². The lowest BCUT2D eigenvalue weighted by molar-refractivity contribution is 0.0996. The molecule has 8 heteroatoms. The summed E-state index contributed by atoms with van der Waals surface area (Å²) in [6, 6.07) is 7.53. The molecule has 0 atom stereocenters. The first-order valence-corrected chi connectivity index (χ1v) is 9.52. The van der Waals surface area contributed by atoms with Crippen LogP contribution in [0.25, 0.3) is 33.1 Å². The van der Waals surface area contributed by atoms with E-state index in [0.29, 0.717) is 11.4 Å². The summed E-state index contributed by atoms with van der Waals surface area (Å²) in [4.78, 5) is 20.2. The number of nitrogens with two attached hydrogens (primary N) is 1. The summed E-state index contributed by atoms with van der Waals surface area (Å²) in [5.74, 6) is 2.45. The van der Waals surface area contributed by atoms with Crippen molar-refractivity contribution < 1.29 is 9.53 Å². The summed E-state index contributed by atoms with van der Waals surface area (Å²) in [6.45, 7) is 2.16. The molecule has 1 aromatic carbocycles. The van der Waals surface area contributed by atoms with E-state index in [1.807, 2.05) is 49.0 Å². The van der Waals surface area contributed by atoms with Crippen LogP contribution in [0.1, 0.15) is 17.4 Å². The average Bonchev–Trinajstić information content (AvgIpc) is 3.37. The molecule has 0 radical (unpaired) electrons. The molecule has 4 aromatic rings. The lowest BCUT2D eigenvalue weighted by atomic mass is 10.0. The number of aryl methyl sites for hydroxylation is 1. The molecule has 0 spiro atoms. The van der Waals surface area contributed by atoms with Crippen molar-refractivity contribution in [1.82, 2.24) is 19.7 Å². The Bertz CT molecular complexity index is 1400. The molecule has 0 aliphatic rings. The number of rotatable bonds is 6. The van der Waals surface area contributed by atoms with Gasteiger partial charge >= 0.3 is 0 Å². The van der Waals surface area contributed by atoms with E-state index in [0.717, 1.165) is 33.1 Å². The number of nitrogens with one attached hydrogen (secondary N) is 1. The highest BCUT2D eigenvalue weighted by Gasteiger charge is 2.17. The zero-order valence-electron chi connectivity index (χ0n) is 17.1. The number of fused-ring (bicyclic) bond motifs is 2. The van der Waals surface area contributed by atoms with Crippen molar-refractivity contribution in [2.45, 2.75) is 6.92 Å². The fourth-order valence-electron chi connectivity index (χ4n) is 3.43. The second kappa shape index (κ2) is 8.16. The SMILES string of the molecule is C#CC=N/C(=C\C)COc1ccc2c(c1)c(-c1cc(C(N)=O)nc3[nH]ncc13)cn2C. The van der Waals surface area contributed by atoms with Crippen molar-refractivity contribution in [2.24, 2.45) is 17.8 Å². The summed E-state index contributed by atoms with van der Waals surface area (Å²) < 4.78 is 7.95. The van der Waals surface area contributed by atoms with Gasteiger partial charge in [-0.25, -0.2) is 9.98 Å². The number of allylic oxidation sites excluding steroid dienone is 1. The Morgan fingerprint density at radius 1 is 1.35 bits per heavy atom. The molecular weight excluding hydrogens is 392 g/mol. The first-order valence-electron chi connectivity index (χ1n) is 9.52. The lowest BCUT2D eigenvalue weighted by Gasteiger charge is -2.08. The van der Waals surface area contributed by atoms with Gasteiger partial charge in [0.05, 0.1) is 18.1 Å². The number of ether oxygens (including phenoxy) is 1. The van der Waals surface area contributed by atoms with Gasteiger partial charge in [0.1, 0.15) is 18.1 Å². The number of amides is 1. The lowest BCUT2D eigenvalue weighted by Crippen LogP contribution is -2.13. The normalized spacial score (nSPS) is 12.0. The fourth-order valence-corrected chi connectivity index (χ4v) is 3.43. The van der Waals surface area contributed by atoms with Crippen molar-refractivity contribution >= 4 is 34.1 Å². The molecule has 0 aliphatic carbocycles. The molecule has 0 aliphatic heterocycles. The molecule has 0 saturated heterocycles. The van der Waals surface area contributed by atoms with E-state index < -0.39 is 5.91 Å². The van der Waals surface area contributed by atoms with Crippen LogP contribution in [0.4, 0.5) is 0 Å². The summed E-state index contributed by atoms with van der Waals surface area (Å²) in [5, 5.41) is 8.64. The van der Waals surface area contributed by atoms with Gasteiger partial charge in [-0.1, -0.05) is 12.0 Å². The predicted molar refractivity (Wildman–Crippen MR) is 121 cm³/mol. The number of primary amides is 1. The Morgan fingerprint density at radius 2 is 2.19 bits per heavy atom. The van der Waals surface area contributed by atoms with Crippen LogP contribution >= 0.6 is 0 Å². The van der Waals surface area contributed by atoms with E-state index in [2.05, 4.69) is 26.1 Å². The quantitative estimate of drug-likeness (QED) is 0.374. The van der Waals surface area contributed by atoms with Crippen LogP contribution in [0, 0.1) is 12.3 Å². The van der Waals surface area contributed by atoms with Gasteiger partial charge in [0.25, 0.3) is 5.91 Å². The van der Waals surface area contributed by atoms with E-state index in [1.54, 1.807) is 12.3 Å². The Morgan fingerprint density at radius 3 is 2.94 bits per heavy atom. The van der Waals surface area contributed by atoms with Crippen LogP contribution in [0.5, 0.6) is 5.75 Å². The molecule has 4 rings (SSSR count). The van der Waals surface area contributed by atoms with Gasteiger partial charge in [-0.05, 0) is 36.8 Å². The zero-order chi connectivity index (χ0) is 22.0. The van der Waals surface area contributed by atoms with Gasteiger partial charge in [0.15, 0.2) is 5.65 Å². The Labute approximate surface area is 178 Å². The van der Waals surface area contributed by atoms with E-state index in [-0.39, 0.29) is 12.3 Å². The molecule has 8 nitrogen and oxygen atoms in total. The summed E-state index contributed by atoms with van der Waals surface area (Å²) >= 11 is 0. The van der Waals surface area contributed by atoms with E-state index >= 15 is 0 Å². The smallest absolute Gasteiger partial charge is 0.267 e. The van der Waals surface area contributed by atoms with E-state index in [1.165, 1.54) is 6.21 Å². The Hall–Kier alpha value is -4.38. The van der Waals surface area contributed by atoms with Crippen LogP contribution in [0.2, 0.25) is 0 Å². The molecule has 3 N–H and O–H groups in total. The molecule has 0 bridgehead atoms. The maximum atomic E-state index is 11.8. The number of aliphatic imine (C=N–C) groups is 1. The van der Waals surface area contributed by atoms with Crippen molar-refractivity contribution in [2.75, 3.05) is 6.61 Å². The molecular formula is C23H20N6O2. The third kappa shape index (κ3) is 3.76. The first-order chi connectivity index (χ1) is 15.0. The number of carbonyl (C=O) groups excluding carboxylic acids is 1. The number of hydrogen-bond donors (Lipinski definition) is 2. The minimum absolute atomic E-state index is 0.167. The number of terminal acetylenes is 1. The van der Waals surface area contributed by atoms with Crippen LogP contribution in [-0.4, -0.2) is 38.5 Å². The summed E-state index contributed by atoms with van der Waals surface area (Å²) in [5.41, 5.74) is 9.61. The van der Waals surface area contributed by atoms with Gasteiger partial charge < -0.3 is 15.0 Å². The number of nitrogens with zero attached hydrogens (tertiary/aromatic N) is 4. The highest BCUT2D eigenvalue weighted by atomic mass is 16.5. The molecule has 0 saturated carbocycles. The summed E-state index contributed by atoms with van der Waals surface area (Å²) in [7, 11) is 1.96. The van der Waals surface area contributed by atoms with Gasteiger partial charge in [-0.2, -0.15) is 5.10 Å². The number of H-pyrrole nitrogens is 1. The monoisotopic (exact) mass is 412 g/mol. The average molecular weight is 412 g/mol. The zero-order valence-corrected chi connectivity index (χ0v) is 17.1. The minimum atomic E-state index is -0.603. The second-order valence-corrected chi connectivity index (χ2v) is 6.88. The third-order valence-corrected chi connectivity index (χ3v) is 4.95. The van der Waals surface area contributed by atoms with Crippen LogP contribution in [0.3, 0.4) is 0 Å². The van der Waals surface area contributed by atoms with Gasteiger partial charge in [-0.15, -0.1) is 6.42 Å². The van der Waals surface area contributed by atoms with Crippen molar-refractivity contribution in [3.05, 3.63) is 54.1 Å². The standard InChI is InChI=1S/C23H20N6O2/c1-4-8-25-14(5-2)13-31-15-6-7-21-17(9-15)19(12-29(21)3)16-10-20(22(24)30)27-23-18(16)11-26-28-23/h1,5-12H,13H2,2-3H3,(H2,24,30)(H,26,27,28)/b14-5-,25-8?. The molecule has 0 unspecified atom stereocenters. The van der Waals surface area contributed by atoms with E-state index in [9.17, 15) is 4.79 Å². The van der Waals surface area contributed by atoms with Gasteiger partial charge in [0.2, 0.25) is 0 Å². The predicted octanol–water partition coefficient (Wildman–Crippen LogP) is 3.20. The number of carbonyl (C=O) groups is 1. The second-order valence-electron chi connectivity index (χ2n) is 6.88. The van der Waals surface area contributed by atoms with Crippen molar-refractivity contribution in [3.63, 3.8) is 0 Å². The molecule has 154 valence electrons. The Balaban J connectivity index is 1.80. The largest absolute Gasteiger partial charge is 0.487 e. The number of pyridine rings is 1. The Kier molecular flexibility index (Phi) is 5.24. The number of aromatic nitrogens is 4. The fraction of sp³-hybridized carbons (Fsp3) is 0.130. The first kappa shape index (κ1) is 19.9. The van der Waals surface area contributed by atoms with Crippen LogP contribution in [-0.2, 0) is 7.05 Å². The maximum absolute atomic E-state index is 11.8. The molecule has 3 heterocycles.